The van der Waals surface area contributed by atoms with Crippen LogP contribution in [0.4, 0.5) is 0 Å². The molecule has 4 aromatic rings. The lowest BCUT2D eigenvalue weighted by Crippen LogP contribution is -2.33. The first-order valence-electron chi connectivity index (χ1n) is 9.14. The van der Waals surface area contributed by atoms with Crippen LogP contribution < -0.4 is 0 Å². The van der Waals surface area contributed by atoms with Crippen LogP contribution in [0.2, 0.25) is 5.02 Å². The molecule has 0 saturated carbocycles. The third-order valence-corrected chi connectivity index (χ3v) is 6.50. The molecule has 0 radical (unpaired) electrons. The molecule has 3 heterocycles. The van der Waals surface area contributed by atoms with Crippen LogP contribution in [-0.4, -0.2) is 32.1 Å². The van der Waals surface area contributed by atoms with E-state index in [1.807, 2.05) is 47.5 Å². The molecule has 0 spiro atoms. The third kappa shape index (κ3) is 4.75. The number of nitrogens with zero attached hydrogens (tertiary/aromatic N) is 4. The number of thiophene rings is 2. The van der Waals surface area contributed by atoms with Gasteiger partial charge in [0.05, 0.1) is 12.2 Å². The zero-order valence-corrected chi connectivity index (χ0v) is 18.2. The number of hydrogen-bond donors (Lipinski definition) is 0. The molecule has 5 nitrogen and oxygen atoms in total. The van der Waals surface area contributed by atoms with Gasteiger partial charge in [0.2, 0.25) is 5.82 Å². The lowest BCUT2D eigenvalue weighted by Gasteiger charge is -2.20. The van der Waals surface area contributed by atoms with Crippen molar-refractivity contribution in [3.63, 3.8) is 0 Å². The Morgan fingerprint density at radius 2 is 1.76 bits per heavy atom. The van der Waals surface area contributed by atoms with Gasteiger partial charge in [-0.25, -0.2) is 9.67 Å². The lowest BCUT2D eigenvalue weighted by molar-refractivity contribution is 0.0734. The van der Waals surface area contributed by atoms with Gasteiger partial charge in [0, 0.05) is 21.3 Å². The summed E-state index contributed by atoms with van der Waals surface area (Å²) in [5, 5.41) is 9.21. The fourth-order valence-corrected chi connectivity index (χ4v) is 4.54. The predicted molar refractivity (Wildman–Crippen MR) is 118 cm³/mol. The van der Waals surface area contributed by atoms with E-state index in [9.17, 15) is 4.79 Å². The van der Waals surface area contributed by atoms with Gasteiger partial charge >= 0.3 is 0 Å². The van der Waals surface area contributed by atoms with Crippen molar-refractivity contribution >= 4 is 40.2 Å². The summed E-state index contributed by atoms with van der Waals surface area (Å²) in [6, 6.07) is 15.5. The summed E-state index contributed by atoms with van der Waals surface area (Å²) in [6.45, 7) is 3.01. The van der Waals surface area contributed by atoms with Crippen LogP contribution in [0.3, 0.4) is 0 Å². The number of aromatic nitrogens is 3. The number of carbonyl (C=O) groups is 1. The number of hydrogen-bond acceptors (Lipinski definition) is 5. The van der Waals surface area contributed by atoms with E-state index < -0.39 is 0 Å². The number of benzene rings is 1. The van der Waals surface area contributed by atoms with Gasteiger partial charge in [0.25, 0.3) is 5.91 Å². The summed E-state index contributed by atoms with van der Waals surface area (Å²) >= 11 is 9.32. The second-order valence-electron chi connectivity index (χ2n) is 6.51. The zero-order valence-electron chi connectivity index (χ0n) is 15.8. The van der Waals surface area contributed by atoms with E-state index in [0.717, 1.165) is 17.0 Å². The van der Waals surface area contributed by atoms with Crippen LogP contribution in [0.1, 0.15) is 26.2 Å². The van der Waals surface area contributed by atoms with Gasteiger partial charge in [-0.05, 0) is 60.5 Å². The average molecular weight is 443 g/mol. The Morgan fingerprint density at radius 3 is 2.41 bits per heavy atom. The van der Waals surface area contributed by atoms with E-state index >= 15 is 0 Å². The monoisotopic (exact) mass is 442 g/mol. The Hall–Kier alpha value is -2.48. The largest absolute Gasteiger partial charge is 0.330 e. The molecule has 0 unspecified atom stereocenters. The molecule has 0 aliphatic heterocycles. The Kier molecular flexibility index (Phi) is 6.08. The molecule has 0 fully saturated rings. The molecule has 148 valence electrons. The first kappa shape index (κ1) is 19.8. The molecule has 4 rings (SSSR count). The highest BCUT2D eigenvalue weighted by molar-refractivity contribution is 7.10. The minimum Gasteiger partial charge on any atom is -0.330 e. The molecular weight excluding hydrogens is 424 g/mol. The quantitative estimate of drug-likeness (QED) is 0.393. The normalized spacial score (nSPS) is 11.0. The highest BCUT2D eigenvalue weighted by Gasteiger charge is 2.22. The van der Waals surface area contributed by atoms with Crippen molar-refractivity contribution in [1.29, 1.82) is 0 Å². The highest BCUT2D eigenvalue weighted by atomic mass is 35.5. The molecule has 29 heavy (non-hydrogen) atoms. The molecule has 0 aliphatic rings. The average Bonchev–Trinajstić information content (AvgIpc) is 3.48. The van der Waals surface area contributed by atoms with Crippen molar-refractivity contribution in [2.45, 2.75) is 19.9 Å². The van der Waals surface area contributed by atoms with Crippen molar-refractivity contribution < 1.29 is 4.79 Å². The minimum atomic E-state index is -0.161. The predicted octanol–water partition coefficient (Wildman–Crippen LogP) is 5.24. The van der Waals surface area contributed by atoms with Crippen molar-refractivity contribution in [1.82, 2.24) is 19.7 Å². The maximum absolute atomic E-state index is 13.3. The Labute approximate surface area is 182 Å². The van der Waals surface area contributed by atoms with Crippen LogP contribution in [0.5, 0.6) is 0 Å². The number of rotatable bonds is 7. The van der Waals surface area contributed by atoms with E-state index in [4.69, 9.17) is 11.6 Å². The summed E-state index contributed by atoms with van der Waals surface area (Å²) in [7, 11) is 0. The smallest absolute Gasteiger partial charge is 0.293 e. The van der Waals surface area contributed by atoms with E-state index in [1.54, 1.807) is 39.5 Å². The first-order valence-corrected chi connectivity index (χ1v) is 11.3. The summed E-state index contributed by atoms with van der Waals surface area (Å²) in [6.07, 6.45) is 0.811. The van der Waals surface area contributed by atoms with Crippen LogP contribution in [-0.2, 0) is 13.0 Å². The summed E-state index contributed by atoms with van der Waals surface area (Å²) in [5.41, 5.74) is 0.821. The van der Waals surface area contributed by atoms with Gasteiger partial charge in [-0.15, -0.1) is 27.8 Å². The van der Waals surface area contributed by atoms with Gasteiger partial charge < -0.3 is 4.90 Å². The summed E-state index contributed by atoms with van der Waals surface area (Å²) in [5.74, 6) is 0.705. The minimum absolute atomic E-state index is 0.161. The zero-order chi connectivity index (χ0) is 20.2. The molecule has 0 N–H and O–H groups in total. The van der Waals surface area contributed by atoms with Gasteiger partial charge in [-0.3, -0.25) is 4.79 Å². The number of carbonyl (C=O) groups excluding carboxylic acids is 1. The fraction of sp³-hybridized carbons (Fsp3) is 0.190. The van der Waals surface area contributed by atoms with Crippen LogP contribution in [0.15, 0.2) is 59.3 Å². The van der Waals surface area contributed by atoms with E-state index in [1.165, 1.54) is 4.88 Å². The van der Waals surface area contributed by atoms with Crippen molar-refractivity contribution in [3.8, 4) is 5.69 Å². The first-order chi connectivity index (χ1) is 14.1. The molecule has 1 amide bonds. The van der Waals surface area contributed by atoms with E-state index in [2.05, 4.69) is 21.5 Å². The van der Waals surface area contributed by atoms with Gasteiger partial charge in [0.15, 0.2) is 0 Å². The molecule has 3 aromatic heterocycles. The maximum Gasteiger partial charge on any atom is 0.293 e. The molecule has 0 saturated heterocycles. The fourth-order valence-electron chi connectivity index (χ4n) is 2.99. The molecule has 0 aliphatic carbocycles. The van der Waals surface area contributed by atoms with Crippen LogP contribution in [0.25, 0.3) is 5.69 Å². The maximum atomic E-state index is 13.3. The lowest BCUT2D eigenvalue weighted by atomic mass is 10.3. The Balaban J connectivity index is 1.57. The molecule has 8 heteroatoms. The standard InChI is InChI=1S/C21H19ClN4OS2/c1-15-23-20(24-26(15)17-8-6-16(22)7-9-17)21(27)25(14-19-5-3-13-29-19)11-10-18-4-2-12-28-18/h2-9,12-13H,10-11,14H2,1H3. The highest BCUT2D eigenvalue weighted by Crippen LogP contribution is 2.18. The van der Waals surface area contributed by atoms with Crippen molar-refractivity contribution in [2.24, 2.45) is 0 Å². The van der Waals surface area contributed by atoms with Crippen LogP contribution >= 0.6 is 34.3 Å². The topological polar surface area (TPSA) is 51.0 Å². The third-order valence-electron chi connectivity index (χ3n) is 4.45. The SMILES string of the molecule is Cc1nc(C(=O)N(CCc2cccs2)Cc2cccs2)nn1-c1ccc(Cl)cc1. The summed E-state index contributed by atoms with van der Waals surface area (Å²) < 4.78 is 1.67. The molecule has 1 aromatic carbocycles. The number of aryl methyl sites for hydroxylation is 1. The van der Waals surface area contributed by atoms with Gasteiger partial charge in [-0.2, -0.15) is 0 Å². The number of amides is 1. The number of halogens is 1. The second-order valence-corrected chi connectivity index (χ2v) is 9.01. The summed E-state index contributed by atoms with van der Waals surface area (Å²) in [4.78, 5) is 21.9. The molecule has 0 bridgehead atoms. The van der Waals surface area contributed by atoms with E-state index in [0.29, 0.717) is 23.9 Å². The Bertz CT molecular complexity index is 1070. The molecule has 0 atom stereocenters. The van der Waals surface area contributed by atoms with Gasteiger partial charge in [-0.1, -0.05) is 23.7 Å². The van der Waals surface area contributed by atoms with E-state index in [-0.39, 0.29) is 11.7 Å². The Morgan fingerprint density at radius 1 is 1.07 bits per heavy atom. The van der Waals surface area contributed by atoms with Crippen molar-refractivity contribution in [3.05, 3.63) is 85.7 Å². The second kappa shape index (κ2) is 8.90. The van der Waals surface area contributed by atoms with Gasteiger partial charge in [0.1, 0.15) is 5.82 Å². The van der Waals surface area contributed by atoms with Crippen LogP contribution in [0, 0.1) is 6.92 Å². The molecular formula is C21H19ClN4OS2. The van der Waals surface area contributed by atoms with Crippen molar-refractivity contribution in [2.75, 3.05) is 6.54 Å².